The molecule has 7 heteroatoms. The van der Waals surface area contributed by atoms with Gasteiger partial charge in [-0.25, -0.2) is 0 Å². The number of esters is 2. The molecule has 3 aliphatic heterocycles. The standard InChI is InChI=1S/C17H20O7/c1-6(2)8-9-14(19)23-10(8)11(22-7(3)18)15(4)16(5-21-16)12-13(24-12)17(9,15)20/h8-13,20H,1,5H2,2-4H3/t8-,9+,10-,11+,12+,13-,15-,16+,17-/m0/s1. The van der Waals surface area contributed by atoms with Gasteiger partial charge in [0.05, 0.1) is 17.9 Å². The van der Waals surface area contributed by atoms with E-state index in [0.29, 0.717) is 6.61 Å². The summed E-state index contributed by atoms with van der Waals surface area (Å²) < 4.78 is 22.6. The van der Waals surface area contributed by atoms with Crippen LogP contribution in [0.25, 0.3) is 0 Å². The highest BCUT2D eigenvalue weighted by Gasteiger charge is 2.95. The fourth-order valence-electron chi connectivity index (χ4n) is 5.82. The molecule has 130 valence electrons. The lowest BCUT2D eigenvalue weighted by molar-refractivity contribution is -0.241. The summed E-state index contributed by atoms with van der Waals surface area (Å²) >= 11 is 0. The molecular formula is C17H20O7. The summed E-state index contributed by atoms with van der Waals surface area (Å²) in [6, 6.07) is 0. The second-order valence-electron chi connectivity index (χ2n) is 7.96. The van der Waals surface area contributed by atoms with Crippen molar-refractivity contribution in [3.8, 4) is 0 Å². The predicted molar refractivity (Wildman–Crippen MR) is 77.6 cm³/mol. The fourth-order valence-corrected chi connectivity index (χ4v) is 5.82. The highest BCUT2D eigenvalue weighted by Crippen LogP contribution is 2.76. The van der Waals surface area contributed by atoms with E-state index < -0.39 is 58.7 Å². The molecule has 0 radical (unpaired) electrons. The van der Waals surface area contributed by atoms with Crippen molar-refractivity contribution in [3.63, 3.8) is 0 Å². The summed E-state index contributed by atoms with van der Waals surface area (Å²) in [5.41, 5.74) is -2.48. The van der Waals surface area contributed by atoms with E-state index in [2.05, 4.69) is 6.58 Å². The number of carbonyl (C=O) groups is 2. The van der Waals surface area contributed by atoms with Crippen LogP contribution in [0.5, 0.6) is 0 Å². The van der Waals surface area contributed by atoms with Crippen molar-refractivity contribution in [2.75, 3.05) is 6.61 Å². The monoisotopic (exact) mass is 336 g/mol. The fraction of sp³-hybridized carbons (Fsp3) is 0.765. The molecule has 2 saturated carbocycles. The highest BCUT2D eigenvalue weighted by atomic mass is 16.7. The number of epoxide rings is 2. The minimum atomic E-state index is -1.51. The summed E-state index contributed by atoms with van der Waals surface area (Å²) in [5.74, 6) is -2.17. The first-order chi connectivity index (χ1) is 11.2. The molecule has 0 aromatic heterocycles. The van der Waals surface area contributed by atoms with E-state index in [9.17, 15) is 14.7 Å². The van der Waals surface area contributed by atoms with E-state index in [1.807, 2.05) is 6.92 Å². The lowest BCUT2D eigenvalue weighted by Gasteiger charge is -2.54. The number of fused-ring (bicyclic) bond motifs is 8. The van der Waals surface area contributed by atoms with Gasteiger partial charge in [0.1, 0.15) is 29.5 Å². The maximum Gasteiger partial charge on any atom is 0.313 e. The Labute approximate surface area is 138 Å². The van der Waals surface area contributed by atoms with Gasteiger partial charge in [0, 0.05) is 12.8 Å². The van der Waals surface area contributed by atoms with Crippen LogP contribution in [0.1, 0.15) is 20.8 Å². The first-order valence-electron chi connectivity index (χ1n) is 8.25. The van der Waals surface area contributed by atoms with Gasteiger partial charge >= 0.3 is 11.9 Å². The van der Waals surface area contributed by atoms with Gasteiger partial charge in [0.25, 0.3) is 0 Å². The Bertz CT molecular complexity index is 697. The Balaban J connectivity index is 1.74. The van der Waals surface area contributed by atoms with Gasteiger partial charge < -0.3 is 24.1 Å². The van der Waals surface area contributed by atoms with Crippen LogP contribution in [0, 0.1) is 17.3 Å². The number of hydrogen-bond acceptors (Lipinski definition) is 7. The highest BCUT2D eigenvalue weighted by molar-refractivity contribution is 5.80. The topological polar surface area (TPSA) is 97.9 Å². The average molecular weight is 336 g/mol. The smallest absolute Gasteiger partial charge is 0.313 e. The zero-order valence-electron chi connectivity index (χ0n) is 13.8. The van der Waals surface area contributed by atoms with E-state index in [1.54, 1.807) is 6.92 Å². The summed E-state index contributed by atoms with van der Waals surface area (Å²) in [6.45, 7) is 9.33. The van der Waals surface area contributed by atoms with Crippen molar-refractivity contribution in [1.29, 1.82) is 0 Å². The van der Waals surface area contributed by atoms with Crippen LogP contribution in [0.4, 0.5) is 0 Å². The first-order valence-corrected chi connectivity index (χ1v) is 8.25. The molecule has 5 rings (SSSR count). The minimum Gasteiger partial charge on any atom is -0.458 e. The van der Waals surface area contributed by atoms with Crippen molar-refractivity contribution in [2.24, 2.45) is 17.3 Å². The van der Waals surface area contributed by atoms with E-state index >= 15 is 0 Å². The zero-order chi connectivity index (χ0) is 17.2. The molecule has 9 atom stereocenters. The van der Waals surface area contributed by atoms with Crippen LogP contribution >= 0.6 is 0 Å². The summed E-state index contributed by atoms with van der Waals surface area (Å²) in [4.78, 5) is 24.4. The van der Waals surface area contributed by atoms with Gasteiger partial charge in [0.2, 0.25) is 0 Å². The van der Waals surface area contributed by atoms with Crippen molar-refractivity contribution in [1.82, 2.24) is 0 Å². The SMILES string of the molecule is C=C(C)[C@@H]1[C@@H]2OC(=O)[C@@H]1[C@]1(O)[C@H]3O[C@H]3[C@]3(CO3)[C@]1(C)[C@@H]2OC(C)=O. The Morgan fingerprint density at radius 2 is 2.04 bits per heavy atom. The van der Waals surface area contributed by atoms with Crippen LogP contribution in [0.3, 0.4) is 0 Å². The molecule has 2 aliphatic carbocycles. The summed E-state index contributed by atoms with van der Waals surface area (Å²) in [6.07, 6.45) is -2.25. The minimum absolute atomic E-state index is 0.275. The second-order valence-corrected chi connectivity index (χ2v) is 7.96. The van der Waals surface area contributed by atoms with Gasteiger partial charge in [-0.2, -0.15) is 0 Å². The van der Waals surface area contributed by atoms with Crippen molar-refractivity contribution >= 4 is 11.9 Å². The molecule has 3 saturated heterocycles. The van der Waals surface area contributed by atoms with E-state index in [4.69, 9.17) is 18.9 Å². The molecular weight excluding hydrogens is 316 g/mol. The molecule has 0 aromatic carbocycles. The maximum absolute atomic E-state index is 12.6. The van der Waals surface area contributed by atoms with Crippen molar-refractivity contribution in [3.05, 3.63) is 12.2 Å². The lowest BCUT2D eigenvalue weighted by atomic mass is 9.52. The van der Waals surface area contributed by atoms with Crippen LogP contribution in [0.2, 0.25) is 0 Å². The average Bonchev–Trinajstić information content (AvgIpc) is 3.35. The Kier molecular flexibility index (Phi) is 2.39. The number of rotatable bonds is 2. The normalized spacial score (nSPS) is 58.8. The first kappa shape index (κ1) is 14.9. The molecule has 2 bridgehead atoms. The predicted octanol–water partition coefficient (Wildman–Crippen LogP) is -0.0470. The Morgan fingerprint density at radius 3 is 2.58 bits per heavy atom. The van der Waals surface area contributed by atoms with Crippen molar-refractivity contribution < 1.29 is 33.6 Å². The van der Waals surface area contributed by atoms with Crippen LogP contribution < -0.4 is 0 Å². The summed E-state index contributed by atoms with van der Waals surface area (Å²) in [7, 11) is 0. The third-order valence-electron chi connectivity index (χ3n) is 6.97. The zero-order valence-corrected chi connectivity index (χ0v) is 13.8. The maximum atomic E-state index is 12.6. The number of carbonyl (C=O) groups excluding carboxylic acids is 2. The third kappa shape index (κ3) is 1.24. The van der Waals surface area contributed by atoms with Gasteiger partial charge in [-0.1, -0.05) is 12.2 Å². The number of aliphatic hydroxyl groups is 1. The largest absolute Gasteiger partial charge is 0.458 e. The van der Waals surface area contributed by atoms with E-state index in [-0.39, 0.29) is 6.10 Å². The quantitative estimate of drug-likeness (QED) is 0.429. The number of ether oxygens (including phenoxy) is 4. The molecule has 1 spiro atoms. The van der Waals surface area contributed by atoms with Crippen molar-refractivity contribution in [2.45, 2.75) is 56.4 Å². The molecule has 5 fully saturated rings. The van der Waals surface area contributed by atoms with Crippen LogP contribution in [-0.2, 0) is 28.5 Å². The second kappa shape index (κ2) is 3.86. The molecule has 0 aromatic rings. The van der Waals surface area contributed by atoms with Gasteiger partial charge in [-0.15, -0.1) is 0 Å². The van der Waals surface area contributed by atoms with Crippen LogP contribution in [0.15, 0.2) is 12.2 Å². The molecule has 24 heavy (non-hydrogen) atoms. The lowest BCUT2D eigenvalue weighted by Crippen LogP contribution is -2.71. The molecule has 7 nitrogen and oxygen atoms in total. The molecule has 1 N–H and O–H groups in total. The Morgan fingerprint density at radius 1 is 1.38 bits per heavy atom. The number of hydrogen-bond donors (Lipinski definition) is 1. The van der Waals surface area contributed by atoms with Gasteiger partial charge in [0.15, 0.2) is 6.10 Å². The van der Waals surface area contributed by atoms with Gasteiger partial charge in [-0.3, -0.25) is 9.59 Å². The molecule has 0 amide bonds. The third-order valence-corrected chi connectivity index (χ3v) is 6.97. The summed E-state index contributed by atoms with van der Waals surface area (Å²) in [5, 5.41) is 11.8. The van der Waals surface area contributed by atoms with Crippen LogP contribution in [-0.4, -0.2) is 59.3 Å². The van der Waals surface area contributed by atoms with Gasteiger partial charge in [-0.05, 0) is 13.8 Å². The van der Waals surface area contributed by atoms with E-state index in [1.165, 1.54) is 6.92 Å². The molecule has 5 aliphatic rings. The molecule has 3 heterocycles. The van der Waals surface area contributed by atoms with E-state index in [0.717, 1.165) is 5.57 Å². The Hall–Kier alpha value is -1.44. The molecule has 0 unspecified atom stereocenters.